The van der Waals surface area contributed by atoms with Crippen LogP contribution in [0.4, 0.5) is 11.6 Å². The number of anilines is 2. The molecule has 0 aromatic carbocycles. The first-order valence-corrected chi connectivity index (χ1v) is 5.52. The summed E-state index contributed by atoms with van der Waals surface area (Å²) in [5.74, 6) is 0.534. The van der Waals surface area contributed by atoms with Gasteiger partial charge in [-0.15, -0.1) is 9.89 Å². The Labute approximate surface area is 110 Å². The van der Waals surface area contributed by atoms with E-state index in [-0.39, 0.29) is 11.6 Å². The summed E-state index contributed by atoms with van der Waals surface area (Å²) in [4.78, 5) is 21.5. The number of imidazole rings is 1. The highest BCUT2D eigenvalue weighted by Crippen LogP contribution is 2.17. The minimum Gasteiger partial charge on any atom is -0.382 e. The zero-order valence-electron chi connectivity index (χ0n) is 9.91. The highest BCUT2D eigenvalue weighted by Gasteiger charge is 2.15. The zero-order chi connectivity index (χ0) is 13.7. The van der Waals surface area contributed by atoms with E-state index in [2.05, 4.69) is 35.2 Å². The van der Waals surface area contributed by atoms with Crippen LogP contribution in [0.5, 0.6) is 0 Å². The van der Waals surface area contributed by atoms with Gasteiger partial charge in [-0.2, -0.15) is 4.68 Å². The molecule has 0 bridgehead atoms. The molecule has 11 heteroatoms. The van der Waals surface area contributed by atoms with Gasteiger partial charge in [0.15, 0.2) is 28.3 Å². The minimum absolute atomic E-state index is 0.250. The molecule has 0 atom stereocenters. The molecule has 4 N–H and O–H groups in total. The normalized spacial score (nSPS) is 11.4. The van der Waals surface area contributed by atoms with E-state index in [1.807, 2.05) is 0 Å². The van der Waals surface area contributed by atoms with Crippen molar-refractivity contribution in [1.82, 2.24) is 44.7 Å². The maximum atomic E-state index is 5.74. The van der Waals surface area contributed by atoms with Crippen LogP contribution >= 0.6 is 0 Å². The van der Waals surface area contributed by atoms with Crippen LogP contribution in [-0.2, 0) is 0 Å². The Morgan fingerprint density at radius 1 is 0.800 bits per heavy atom. The maximum absolute atomic E-state index is 5.74. The Morgan fingerprint density at radius 3 is 2.30 bits per heavy atom. The van der Waals surface area contributed by atoms with Crippen LogP contribution in [0.1, 0.15) is 0 Å². The van der Waals surface area contributed by atoms with Gasteiger partial charge in [0, 0.05) is 0 Å². The molecule has 0 saturated heterocycles. The van der Waals surface area contributed by atoms with E-state index in [4.69, 9.17) is 11.5 Å². The molecule has 0 unspecified atom stereocenters. The van der Waals surface area contributed by atoms with E-state index in [0.29, 0.717) is 22.3 Å². The van der Waals surface area contributed by atoms with E-state index in [1.165, 1.54) is 23.8 Å². The van der Waals surface area contributed by atoms with Crippen molar-refractivity contribution in [2.24, 2.45) is 0 Å². The van der Waals surface area contributed by atoms with Gasteiger partial charge < -0.3 is 11.5 Å². The molecular weight excluding hydrogens is 262 g/mol. The number of nitrogen functional groups attached to an aromatic ring is 2. The van der Waals surface area contributed by atoms with E-state index in [0.717, 1.165) is 0 Å². The summed E-state index contributed by atoms with van der Waals surface area (Å²) in [6.45, 7) is 0. The van der Waals surface area contributed by atoms with Crippen LogP contribution in [-0.4, -0.2) is 44.7 Å². The van der Waals surface area contributed by atoms with Crippen LogP contribution < -0.4 is 11.5 Å². The molecular formula is C9H7N11. The van der Waals surface area contributed by atoms with Crippen molar-refractivity contribution in [3.63, 3.8) is 0 Å². The first kappa shape index (κ1) is 10.5. The molecule has 0 aliphatic rings. The first-order chi connectivity index (χ1) is 9.75. The van der Waals surface area contributed by atoms with Crippen molar-refractivity contribution in [1.29, 1.82) is 0 Å². The molecule has 4 heterocycles. The first-order valence-electron chi connectivity index (χ1n) is 5.52. The summed E-state index contributed by atoms with van der Waals surface area (Å²) >= 11 is 0. The summed E-state index contributed by atoms with van der Waals surface area (Å²) in [7, 11) is 0. The fourth-order valence-electron chi connectivity index (χ4n) is 1.88. The van der Waals surface area contributed by atoms with E-state index in [9.17, 15) is 0 Å². The lowest BCUT2D eigenvalue weighted by molar-refractivity contribution is 0.575. The molecule has 11 nitrogen and oxygen atoms in total. The summed E-state index contributed by atoms with van der Waals surface area (Å²) in [6.07, 6.45) is 4.18. The van der Waals surface area contributed by atoms with Gasteiger partial charge in [0.25, 0.3) is 0 Å². The molecule has 4 aromatic rings. The summed E-state index contributed by atoms with van der Waals surface area (Å²) < 4.78 is 1.55. The predicted octanol–water partition coefficient (Wildman–Crippen LogP) is -1.16. The number of fused-ring (bicyclic) bond motifs is 2. The number of nitrogens with two attached hydrogens (primary N) is 2. The average Bonchev–Trinajstić information content (AvgIpc) is 3.03. The van der Waals surface area contributed by atoms with Crippen LogP contribution in [0.3, 0.4) is 0 Å². The molecule has 0 aliphatic heterocycles. The third-order valence-electron chi connectivity index (χ3n) is 2.80. The molecule has 4 rings (SSSR count). The lowest BCUT2D eigenvalue weighted by atomic mass is 10.5. The molecule has 98 valence electrons. The number of hydrogen-bond acceptors (Lipinski definition) is 9. The maximum Gasteiger partial charge on any atom is 0.207 e. The van der Waals surface area contributed by atoms with Gasteiger partial charge in [0.05, 0.1) is 0 Å². The minimum atomic E-state index is 0.250. The fraction of sp³-hybridized carbons (Fsp3) is 0. The van der Waals surface area contributed by atoms with Gasteiger partial charge in [0.2, 0.25) is 5.65 Å². The van der Waals surface area contributed by atoms with Gasteiger partial charge in [-0.1, -0.05) is 0 Å². The van der Waals surface area contributed by atoms with Gasteiger partial charge in [0.1, 0.15) is 19.0 Å². The lowest BCUT2D eigenvalue weighted by Gasteiger charge is -2.02. The second-order valence-electron chi connectivity index (χ2n) is 3.93. The molecule has 0 amide bonds. The highest BCUT2D eigenvalue weighted by atomic mass is 15.7. The van der Waals surface area contributed by atoms with Crippen LogP contribution in [0.15, 0.2) is 19.0 Å². The van der Waals surface area contributed by atoms with Crippen LogP contribution in [0, 0.1) is 0 Å². The molecule has 0 saturated carbocycles. The molecule has 0 aliphatic carbocycles. The third-order valence-corrected chi connectivity index (χ3v) is 2.80. The van der Waals surface area contributed by atoms with Gasteiger partial charge in [-0.3, -0.25) is 0 Å². The largest absolute Gasteiger partial charge is 0.382 e. The number of aromatic nitrogens is 9. The standard InChI is InChI=1S/C9H7N11/c10-6-4-8(14-1-12-6)19(3-16-4)20-9-5(17-18-20)7(11)13-2-15-9/h1-3H,(H2,10,12,14)(H2,11,13,15). The Hall–Kier alpha value is -3.37. The van der Waals surface area contributed by atoms with Crippen molar-refractivity contribution in [2.45, 2.75) is 0 Å². The predicted molar refractivity (Wildman–Crippen MR) is 68.1 cm³/mol. The van der Waals surface area contributed by atoms with Crippen molar-refractivity contribution in [2.75, 3.05) is 11.5 Å². The Morgan fingerprint density at radius 2 is 1.50 bits per heavy atom. The van der Waals surface area contributed by atoms with E-state index >= 15 is 0 Å². The number of nitrogens with zero attached hydrogens (tertiary/aromatic N) is 9. The Bertz CT molecular complexity index is 858. The van der Waals surface area contributed by atoms with Crippen LogP contribution in [0.25, 0.3) is 22.3 Å². The second-order valence-corrected chi connectivity index (χ2v) is 3.93. The average molecular weight is 269 g/mol. The van der Waals surface area contributed by atoms with Crippen molar-refractivity contribution < 1.29 is 0 Å². The smallest absolute Gasteiger partial charge is 0.207 e. The van der Waals surface area contributed by atoms with E-state index < -0.39 is 0 Å². The monoisotopic (exact) mass is 269 g/mol. The van der Waals surface area contributed by atoms with E-state index in [1.54, 1.807) is 4.68 Å². The SMILES string of the molecule is Nc1ncnc2c1ncn2-n1nnc2c(N)ncnc21. The molecule has 20 heavy (non-hydrogen) atoms. The van der Waals surface area contributed by atoms with Gasteiger partial charge in [-0.25, -0.2) is 24.9 Å². The molecule has 4 aromatic heterocycles. The molecule has 0 spiro atoms. The Kier molecular flexibility index (Phi) is 1.88. The molecule has 0 radical (unpaired) electrons. The third kappa shape index (κ3) is 1.25. The lowest BCUT2D eigenvalue weighted by Crippen LogP contribution is -2.11. The summed E-state index contributed by atoms with van der Waals surface area (Å²) in [5, 5.41) is 7.93. The quantitative estimate of drug-likeness (QED) is 0.435. The second kappa shape index (κ2) is 3.57. The van der Waals surface area contributed by atoms with Gasteiger partial charge in [-0.05, 0) is 5.21 Å². The summed E-state index contributed by atoms with van der Waals surface area (Å²) in [5.41, 5.74) is 13.3. The van der Waals surface area contributed by atoms with Gasteiger partial charge >= 0.3 is 0 Å². The van der Waals surface area contributed by atoms with Crippen molar-refractivity contribution >= 4 is 34.0 Å². The van der Waals surface area contributed by atoms with Crippen molar-refractivity contribution in [3.05, 3.63) is 19.0 Å². The summed E-state index contributed by atoms with van der Waals surface area (Å²) in [6, 6.07) is 0. The highest BCUT2D eigenvalue weighted by molar-refractivity contribution is 5.83. The fourth-order valence-corrected chi connectivity index (χ4v) is 1.88. The zero-order valence-corrected chi connectivity index (χ0v) is 9.91. The topological polar surface area (TPSA) is 152 Å². The number of hydrogen-bond donors (Lipinski definition) is 2. The van der Waals surface area contributed by atoms with Crippen molar-refractivity contribution in [3.8, 4) is 0 Å². The Balaban J connectivity index is 2.07. The number of rotatable bonds is 1. The molecule has 0 fully saturated rings. The van der Waals surface area contributed by atoms with Crippen LogP contribution in [0.2, 0.25) is 0 Å².